The van der Waals surface area contributed by atoms with E-state index in [9.17, 15) is 4.79 Å². The standard InChI is InChI=1S/C20H19ClN2O2/c1-4-14-6-7-16(17(21)10-14)12-23-13(3)22-18-9-8-15(11-19(18)23)20(24)25-5-2/h4,6-11H,1,5,12H2,2-3H3. The number of nitrogens with zero attached hydrogens (tertiary/aromatic N) is 2. The summed E-state index contributed by atoms with van der Waals surface area (Å²) in [6.45, 7) is 8.41. The Balaban J connectivity index is 2.03. The summed E-state index contributed by atoms with van der Waals surface area (Å²) in [7, 11) is 0. The monoisotopic (exact) mass is 354 g/mol. The maximum atomic E-state index is 12.0. The molecule has 0 aliphatic rings. The molecule has 0 saturated carbocycles. The second kappa shape index (κ2) is 7.11. The van der Waals surface area contributed by atoms with Crippen molar-refractivity contribution in [3.63, 3.8) is 0 Å². The lowest BCUT2D eigenvalue weighted by molar-refractivity contribution is 0.0526. The fourth-order valence-electron chi connectivity index (χ4n) is 2.77. The molecule has 3 rings (SSSR count). The lowest BCUT2D eigenvalue weighted by Gasteiger charge is -2.10. The van der Waals surface area contributed by atoms with Gasteiger partial charge in [0.2, 0.25) is 0 Å². The van der Waals surface area contributed by atoms with Gasteiger partial charge in [-0.15, -0.1) is 0 Å². The van der Waals surface area contributed by atoms with E-state index < -0.39 is 0 Å². The van der Waals surface area contributed by atoms with E-state index in [-0.39, 0.29) is 5.97 Å². The number of carbonyl (C=O) groups is 1. The number of benzene rings is 2. The second-order valence-electron chi connectivity index (χ2n) is 5.72. The van der Waals surface area contributed by atoms with Gasteiger partial charge in [-0.3, -0.25) is 0 Å². The van der Waals surface area contributed by atoms with Crippen molar-refractivity contribution in [2.75, 3.05) is 6.61 Å². The van der Waals surface area contributed by atoms with Crippen molar-refractivity contribution >= 4 is 34.7 Å². The van der Waals surface area contributed by atoms with Gasteiger partial charge in [0.15, 0.2) is 0 Å². The number of carbonyl (C=O) groups excluding carboxylic acids is 1. The summed E-state index contributed by atoms with van der Waals surface area (Å²) in [5, 5.41) is 0.681. The molecule has 0 radical (unpaired) electrons. The molecule has 1 aromatic heterocycles. The predicted octanol–water partition coefficient (Wildman–Crippen LogP) is 4.87. The maximum absolute atomic E-state index is 12.0. The van der Waals surface area contributed by atoms with Crippen molar-refractivity contribution in [2.24, 2.45) is 0 Å². The smallest absolute Gasteiger partial charge is 0.338 e. The number of esters is 1. The van der Waals surface area contributed by atoms with Crippen LogP contribution in [0.3, 0.4) is 0 Å². The number of rotatable bonds is 5. The van der Waals surface area contributed by atoms with Crippen molar-refractivity contribution < 1.29 is 9.53 Å². The molecule has 0 unspecified atom stereocenters. The Morgan fingerprint density at radius 1 is 1.32 bits per heavy atom. The molecule has 0 fully saturated rings. The molecule has 25 heavy (non-hydrogen) atoms. The number of hydrogen-bond donors (Lipinski definition) is 0. The van der Waals surface area contributed by atoms with Gasteiger partial charge in [0, 0.05) is 5.02 Å². The van der Waals surface area contributed by atoms with Gasteiger partial charge in [-0.2, -0.15) is 0 Å². The van der Waals surface area contributed by atoms with Crippen LogP contribution in [0.4, 0.5) is 0 Å². The van der Waals surface area contributed by atoms with E-state index in [2.05, 4.69) is 11.6 Å². The van der Waals surface area contributed by atoms with E-state index in [1.807, 2.05) is 41.8 Å². The summed E-state index contributed by atoms with van der Waals surface area (Å²) in [4.78, 5) is 16.6. The van der Waals surface area contributed by atoms with Gasteiger partial charge in [-0.05, 0) is 49.2 Å². The van der Waals surface area contributed by atoms with Crippen LogP contribution in [0.1, 0.15) is 34.2 Å². The van der Waals surface area contributed by atoms with Crippen LogP contribution in [0.5, 0.6) is 0 Å². The summed E-state index contributed by atoms with van der Waals surface area (Å²) in [5.41, 5.74) is 4.20. The lowest BCUT2D eigenvalue weighted by atomic mass is 10.1. The van der Waals surface area contributed by atoms with Gasteiger partial charge < -0.3 is 9.30 Å². The van der Waals surface area contributed by atoms with Crippen LogP contribution in [0, 0.1) is 6.92 Å². The van der Waals surface area contributed by atoms with Crippen molar-refractivity contribution in [1.82, 2.24) is 9.55 Å². The fourth-order valence-corrected chi connectivity index (χ4v) is 3.02. The van der Waals surface area contributed by atoms with E-state index >= 15 is 0 Å². The first kappa shape index (κ1) is 17.2. The largest absolute Gasteiger partial charge is 0.462 e. The lowest BCUT2D eigenvalue weighted by Crippen LogP contribution is -2.06. The highest BCUT2D eigenvalue weighted by Crippen LogP contribution is 2.24. The average Bonchev–Trinajstić information content (AvgIpc) is 2.91. The molecule has 2 aromatic carbocycles. The number of ether oxygens (including phenoxy) is 1. The highest BCUT2D eigenvalue weighted by molar-refractivity contribution is 6.31. The van der Waals surface area contributed by atoms with Crippen LogP contribution in [0.15, 0.2) is 43.0 Å². The molecule has 1 heterocycles. The van der Waals surface area contributed by atoms with Crippen molar-refractivity contribution in [3.05, 3.63) is 70.5 Å². The first-order chi connectivity index (χ1) is 12.0. The van der Waals surface area contributed by atoms with E-state index in [1.165, 1.54) is 0 Å². The molecule has 0 spiro atoms. The molecular weight excluding hydrogens is 336 g/mol. The quantitative estimate of drug-likeness (QED) is 0.614. The topological polar surface area (TPSA) is 44.1 Å². The zero-order chi connectivity index (χ0) is 18.0. The summed E-state index contributed by atoms with van der Waals surface area (Å²) in [6.07, 6.45) is 1.76. The van der Waals surface area contributed by atoms with Gasteiger partial charge >= 0.3 is 5.97 Å². The zero-order valence-corrected chi connectivity index (χ0v) is 15.0. The number of aryl methyl sites for hydroxylation is 1. The summed E-state index contributed by atoms with van der Waals surface area (Å²) >= 11 is 6.40. The van der Waals surface area contributed by atoms with Crippen LogP contribution in [-0.2, 0) is 11.3 Å². The van der Waals surface area contributed by atoms with E-state index in [0.29, 0.717) is 23.7 Å². The van der Waals surface area contributed by atoms with E-state index in [0.717, 1.165) is 28.0 Å². The van der Waals surface area contributed by atoms with Crippen LogP contribution in [0.2, 0.25) is 5.02 Å². The minimum absolute atomic E-state index is 0.330. The van der Waals surface area contributed by atoms with Gasteiger partial charge in [-0.1, -0.05) is 36.4 Å². The first-order valence-electron chi connectivity index (χ1n) is 8.08. The van der Waals surface area contributed by atoms with Crippen LogP contribution in [-0.4, -0.2) is 22.1 Å². The molecular formula is C20H19ClN2O2. The highest BCUT2D eigenvalue weighted by Gasteiger charge is 2.13. The van der Waals surface area contributed by atoms with Gasteiger partial charge in [-0.25, -0.2) is 9.78 Å². The Morgan fingerprint density at radius 3 is 2.80 bits per heavy atom. The maximum Gasteiger partial charge on any atom is 0.338 e. The first-order valence-corrected chi connectivity index (χ1v) is 8.46. The molecule has 0 saturated heterocycles. The molecule has 0 aliphatic carbocycles. The van der Waals surface area contributed by atoms with Gasteiger partial charge in [0.1, 0.15) is 5.82 Å². The third kappa shape index (κ3) is 3.44. The molecule has 3 aromatic rings. The van der Waals surface area contributed by atoms with Crippen molar-refractivity contribution in [1.29, 1.82) is 0 Å². The fraction of sp³-hybridized carbons (Fsp3) is 0.200. The molecule has 128 valence electrons. The third-order valence-corrected chi connectivity index (χ3v) is 4.44. The number of fused-ring (bicyclic) bond motifs is 1. The summed E-state index contributed by atoms with van der Waals surface area (Å²) in [6, 6.07) is 11.3. The Kier molecular flexibility index (Phi) is 4.91. The molecule has 0 atom stereocenters. The Morgan fingerprint density at radius 2 is 2.12 bits per heavy atom. The Labute approximate surface area is 151 Å². The summed E-state index contributed by atoms with van der Waals surface area (Å²) in [5.74, 6) is 0.531. The Hall–Kier alpha value is -2.59. The van der Waals surface area contributed by atoms with E-state index in [1.54, 1.807) is 19.1 Å². The highest BCUT2D eigenvalue weighted by atomic mass is 35.5. The minimum Gasteiger partial charge on any atom is -0.462 e. The van der Waals surface area contributed by atoms with Gasteiger partial charge in [0.25, 0.3) is 0 Å². The number of hydrogen-bond acceptors (Lipinski definition) is 3. The van der Waals surface area contributed by atoms with Crippen LogP contribution in [0.25, 0.3) is 17.1 Å². The van der Waals surface area contributed by atoms with Crippen molar-refractivity contribution in [3.8, 4) is 0 Å². The van der Waals surface area contributed by atoms with Crippen LogP contribution < -0.4 is 0 Å². The summed E-state index contributed by atoms with van der Waals surface area (Å²) < 4.78 is 7.14. The van der Waals surface area contributed by atoms with Gasteiger partial charge in [0.05, 0.1) is 29.7 Å². The second-order valence-corrected chi connectivity index (χ2v) is 6.13. The zero-order valence-electron chi connectivity index (χ0n) is 14.3. The normalized spacial score (nSPS) is 10.8. The molecule has 0 bridgehead atoms. The third-order valence-electron chi connectivity index (χ3n) is 4.09. The predicted molar refractivity (Wildman–Crippen MR) is 101 cm³/mol. The number of aromatic nitrogens is 2. The SMILES string of the molecule is C=Cc1ccc(Cn2c(C)nc3ccc(C(=O)OCC)cc32)c(Cl)c1. The van der Waals surface area contributed by atoms with Crippen molar-refractivity contribution in [2.45, 2.75) is 20.4 Å². The molecule has 0 aliphatic heterocycles. The van der Waals surface area contributed by atoms with E-state index in [4.69, 9.17) is 16.3 Å². The average molecular weight is 355 g/mol. The number of halogens is 1. The number of imidazole rings is 1. The molecule has 0 amide bonds. The Bertz CT molecular complexity index is 960. The van der Waals surface area contributed by atoms with Crippen LogP contribution >= 0.6 is 11.6 Å². The molecule has 0 N–H and O–H groups in total. The molecule has 5 heteroatoms. The minimum atomic E-state index is -0.330. The molecule has 4 nitrogen and oxygen atoms in total.